The third-order valence-corrected chi connectivity index (χ3v) is 8.35. The van der Waals surface area contributed by atoms with E-state index in [9.17, 15) is 18.9 Å². The molecule has 0 aromatic heterocycles. The molecule has 0 saturated carbocycles. The van der Waals surface area contributed by atoms with Crippen LogP contribution < -0.4 is 0 Å². The largest absolute Gasteiger partial charge is 0.469 e. The molecule has 0 spiro atoms. The quantitative estimate of drug-likeness (QED) is 0.0161. The molecule has 10 heteroatoms. The first kappa shape index (κ1) is 49.9. The molecule has 0 saturated heterocycles. The monoisotopic (exact) mass is 760 g/mol. The van der Waals surface area contributed by atoms with Gasteiger partial charge in [-0.05, 0) is 83.1 Å². The SMILES string of the molecule is CCCCC/C=C\C/C=C\C/C=C\C=C\C(=O)CCCC(=O)OC[C@H](COP(=O)(O)O)OC(=O)CCCCCC/C=C\C/C=C\C/C=C\CCCCC. The normalized spacial score (nSPS) is 13.3. The summed E-state index contributed by atoms with van der Waals surface area (Å²) in [5, 5.41) is 0. The van der Waals surface area contributed by atoms with Gasteiger partial charge in [-0.15, -0.1) is 0 Å². The summed E-state index contributed by atoms with van der Waals surface area (Å²) >= 11 is 0. The standard InChI is InChI=1S/C43H69O9P/c1-3-5-7-9-11-13-15-17-18-19-20-22-24-26-28-30-32-36-43(46)52-41(39-51-53(47,48)49)38-50-42(45)37-33-35-40(44)34-31-29-27-25-23-21-16-14-12-10-8-6-4-2/h11-14,17-18,20-23,27,29,31,34,41H,3-10,15-16,19,24-26,28,30,32-33,35-39H2,1-2H3,(H2,47,48,49)/b13-11-,14-12-,18-17-,22-20-,23-21-,29-27-,34-31+/t41-/m1/s1. The van der Waals surface area contributed by atoms with Crippen LogP contribution in [-0.4, -0.2) is 46.8 Å². The number of ketones is 1. The van der Waals surface area contributed by atoms with Crippen LogP contribution in [0.3, 0.4) is 0 Å². The van der Waals surface area contributed by atoms with E-state index < -0.39 is 39.1 Å². The summed E-state index contributed by atoms with van der Waals surface area (Å²) in [7, 11) is -4.82. The van der Waals surface area contributed by atoms with Crippen LogP contribution in [0.5, 0.6) is 0 Å². The fourth-order valence-electron chi connectivity index (χ4n) is 4.86. The minimum absolute atomic E-state index is 0.0317. The zero-order valence-electron chi connectivity index (χ0n) is 32.6. The molecule has 0 fully saturated rings. The number of allylic oxidation sites excluding steroid dienone is 14. The van der Waals surface area contributed by atoms with Crippen molar-refractivity contribution in [1.29, 1.82) is 0 Å². The van der Waals surface area contributed by atoms with Crippen LogP contribution in [0.2, 0.25) is 0 Å². The molecule has 0 aliphatic heterocycles. The summed E-state index contributed by atoms with van der Waals surface area (Å²) in [6.45, 7) is 3.38. The van der Waals surface area contributed by atoms with Gasteiger partial charge in [0.2, 0.25) is 0 Å². The topological polar surface area (TPSA) is 136 Å². The van der Waals surface area contributed by atoms with Crippen LogP contribution in [0, 0.1) is 0 Å². The Morgan fingerprint density at radius 3 is 1.58 bits per heavy atom. The smallest absolute Gasteiger partial charge is 0.462 e. The Morgan fingerprint density at radius 1 is 0.547 bits per heavy atom. The maximum absolute atomic E-state index is 12.4. The third-order valence-electron chi connectivity index (χ3n) is 7.86. The molecule has 9 nitrogen and oxygen atoms in total. The Hall–Kier alpha value is -3.10. The number of phosphoric ester groups is 1. The molecule has 0 aliphatic rings. The number of carbonyl (C=O) groups excluding carboxylic acids is 3. The molecule has 0 radical (unpaired) electrons. The average Bonchev–Trinajstić information content (AvgIpc) is 3.12. The summed E-state index contributed by atoms with van der Waals surface area (Å²) < 4.78 is 26.1. The minimum atomic E-state index is -4.82. The predicted octanol–water partition coefficient (Wildman–Crippen LogP) is 11.2. The lowest BCUT2D eigenvalue weighted by Gasteiger charge is -2.18. The van der Waals surface area contributed by atoms with Gasteiger partial charge in [0.25, 0.3) is 0 Å². The maximum Gasteiger partial charge on any atom is 0.469 e. The first-order chi connectivity index (χ1) is 25.7. The van der Waals surface area contributed by atoms with Crippen LogP contribution >= 0.6 is 7.82 Å². The van der Waals surface area contributed by atoms with Gasteiger partial charge in [0.15, 0.2) is 11.9 Å². The van der Waals surface area contributed by atoms with Crippen LogP contribution in [0.4, 0.5) is 0 Å². The van der Waals surface area contributed by atoms with Crippen molar-refractivity contribution >= 4 is 25.5 Å². The van der Waals surface area contributed by atoms with Gasteiger partial charge in [-0.3, -0.25) is 18.9 Å². The highest BCUT2D eigenvalue weighted by molar-refractivity contribution is 7.46. The fourth-order valence-corrected chi connectivity index (χ4v) is 5.22. The summed E-state index contributed by atoms with van der Waals surface area (Å²) in [4.78, 5) is 54.8. The van der Waals surface area contributed by atoms with Gasteiger partial charge >= 0.3 is 19.8 Å². The van der Waals surface area contributed by atoms with Gasteiger partial charge in [0.05, 0.1) is 6.61 Å². The van der Waals surface area contributed by atoms with Crippen molar-refractivity contribution in [2.75, 3.05) is 13.2 Å². The number of hydrogen-bond acceptors (Lipinski definition) is 7. The van der Waals surface area contributed by atoms with E-state index in [1.165, 1.54) is 44.6 Å². The third kappa shape index (κ3) is 39.9. The molecule has 0 bridgehead atoms. The minimum Gasteiger partial charge on any atom is -0.462 e. The van der Waals surface area contributed by atoms with Gasteiger partial charge in [0, 0.05) is 19.3 Å². The number of ether oxygens (including phenoxy) is 2. The van der Waals surface area contributed by atoms with Crippen molar-refractivity contribution in [2.24, 2.45) is 0 Å². The van der Waals surface area contributed by atoms with Crippen molar-refractivity contribution in [3.8, 4) is 0 Å². The van der Waals surface area contributed by atoms with Crippen LogP contribution in [-0.2, 0) is 32.9 Å². The Balaban J connectivity index is 4.22. The number of rotatable bonds is 35. The Kier molecular flexibility index (Phi) is 35.0. The predicted molar refractivity (Wildman–Crippen MR) is 216 cm³/mol. The molecule has 53 heavy (non-hydrogen) atoms. The second-order valence-electron chi connectivity index (χ2n) is 12.9. The van der Waals surface area contributed by atoms with E-state index in [0.717, 1.165) is 64.2 Å². The lowest BCUT2D eigenvalue weighted by atomic mass is 10.1. The van der Waals surface area contributed by atoms with Gasteiger partial charge in [-0.25, -0.2) is 4.57 Å². The van der Waals surface area contributed by atoms with E-state index >= 15 is 0 Å². The zero-order valence-corrected chi connectivity index (χ0v) is 33.5. The van der Waals surface area contributed by atoms with E-state index in [1.54, 1.807) is 6.08 Å². The Bertz CT molecular complexity index is 1190. The molecule has 2 N–H and O–H groups in total. The summed E-state index contributed by atoms with van der Waals surface area (Å²) in [5.41, 5.74) is 0. The summed E-state index contributed by atoms with van der Waals surface area (Å²) in [6, 6.07) is 0. The molecular formula is C43H69O9P. The van der Waals surface area contributed by atoms with E-state index in [-0.39, 0.29) is 31.5 Å². The second-order valence-corrected chi connectivity index (χ2v) is 14.2. The zero-order chi connectivity index (χ0) is 39.1. The molecule has 0 heterocycles. The van der Waals surface area contributed by atoms with Crippen LogP contribution in [0.1, 0.15) is 149 Å². The van der Waals surface area contributed by atoms with Crippen LogP contribution in [0.15, 0.2) is 85.1 Å². The second kappa shape index (κ2) is 37.2. The first-order valence-electron chi connectivity index (χ1n) is 19.8. The first-order valence-corrected chi connectivity index (χ1v) is 21.4. The fraction of sp³-hybridized carbons (Fsp3) is 0.605. The molecule has 0 aromatic rings. The van der Waals surface area contributed by atoms with Crippen LogP contribution in [0.25, 0.3) is 0 Å². The van der Waals surface area contributed by atoms with Crippen molar-refractivity contribution < 1.29 is 42.7 Å². The molecule has 0 rings (SSSR count). The number of esters is 2. The molecule has 300 valence electrons. The van der Waals surface area contributed by atoms with Crippen molar-refractivity contribution in [1.82, 2.24) is 0 Å². The number of carbonyl (C=O) groups is 3. The molecular weight excluding hydrogens is 691 g/mol. The van der Waals surface area contributed by atoms with E-state index in [0.29, 0.717) is 6.42 Å². The van der Waals surface area contributed by atoms with E-state index in [4.69, 9.17) is 19.3 Å². The van der Waals surface area contributed by atoms with Crippen molar-refractivity contribution in [2.45, 2.75) is 155 Å². The Morgan fingerprint density at radius 2 is 1.04 bits per heavy atom. The van der Waals surface area contributed by atoms with Gasteiger partial charge in [-0.1, -0.05) is 131 Å². The number of phosphoric acid groups is 1. The van der Waals surface area contributed by atoms with E-state index in [2.05, 4.69) is 79.1 Å². The molecule has 1 atom stereocenters. The highest BCUT2D eigenvalue weighted by atomic mass is 31.2. The van der Waals surface area contributed by atoms with Gasteiger partial charge in [0.1, 0.15) is 6.61 Å². The highest BCUT2D eigenvalue weighted by Gasteiger charge is 2.23. The lowest BCUT2D eigenvalue weighted by Crippen LogP contribution is -2.29. The Labute approximate surface area is 320 Å². The van der Waals surface area contributed by atoms with Gasteiger partial charge < -0.3 is 19.3 Å². The summed E-state index contributed by atoms with van der Waals surface area (Å²) in [6.07, 6.45) is 45.9. The molecule has 0 unspecified atom stereocenters. The lowest BCUT2D eigenvalue weighted by molar-refractivity contribution is -0.161. The van der Waals surface area contributed by atoms with Gasteiger partial charge in [-0.2, -0.15) is 0 Å². The van der Waals surface area contributed by atoms with Crippen molar-refractivity contribution in [3.63, 3.8) is 0 Å². The average molecular weight is 761 g/mol. The number of unbranched alkanes of at least 4 members (excludes halogenated alkanes) is 10. The molecule has 0 amide bonds. The van der Waals surface area contributed by atoms with Crippen molar-refractivity contribution in [3.05, 3.63) is 85.1 Å². The van der Waals surface area contributed by atoms with E-state index in [1.807, 2.05) is 12.2 Å². The molecule has 0 aliphatic carbocycles. The summed E-state index contributed by atoms with van der Waals surface area (Å²) in [5.74, 6) is -1.29. The molecule has 0 aromatic carbocycles. The number of hydrogen-bond donors (Lipinski definition) is 2. The maximum atomic E-state index is 12.4. The highest BCUT2D eigenvalue weighted by Crippen LogP contribution is 2.36.